The van der Waals surface area contributed by atoms with Gasteiger partial charge in [-0.15, -0.1) is 0 Å². The molecule has 0 amide bonds. The van der Waals surface area contributed by atoms with Crippen LogP contribution in [-0.2, 0) is 0 Å². The molecule has 0 bridgehead atoms. The van der Waals surface area contributed by atoms with Crippen molar-refractivity contribution < 1.29 is 0 Å². The van der Waals surface area contributed by atoms with Crippen molar-refractivity contribution >= 4 is 10.9 Å². The highest BCUT2D eigenvalue weighted by Crippen LogP contribution is 2.23. The van der Waals surface area contributed by atoms with Gasteiger partial charge in [0.1, 0.15) is 0 Å². The lowest BCUT2D eigenvalue weighted by Crippen LogP contribution is -2.15. The summed E-state index contributed by atoms with van der Waals surface area (Å²) in [6.07, 6.45) is 1.09. The molecule has 2 aromatic rings. The van der Waals surface area contributed by atoms with Crippen LogP contribution in [-0.4, -0.2) is 4.98 Å². The van der Waals surface area contributed by atoms with Gasteiger partial charge in [0.15, 0.2) is 5.43 Å². The fourth-order valence-corrected chi connectivity index (χ4v) is 2.68. The van der Waals surface area contributed by atoms with Gasteiger partial charge < -0.3 is 4.98 Å². The fraction of sp³-hybridized carbons (Fsp3) is 0.471. The van der Waals surface area contributed by atoms with E-state index in [1.807, 2.05) is 13.0 Å². The molecule has 0 aliphatic carbocycles. The molecule has 2 rings (SSSR count). The molecule has 0 saturated carbocycles. The third kappa shape index (κ3) is 2.44. The third-order valence-corrected chi connectivity index (χ3v) is 4.02. The number of hydrogen-bond donors (Lipinski definition) is 1. The van der Waals surface area contributed by atoms with E-state index in [1.54, 1.807) is 0 Å². The number of pyridine rings is 1. The van der Waals surface area contributed by atoms with Gasteiger partial charge in [-0.25, -0.2) is 0 Å². The summed E-state index contributed by atoms with van der Waals surface area (Å²) in [5.74, 6) is 0.744. The van der Waals surface area contributed by atoms with Crippen molar-refractivity contribution in [1.82, 2.24) is 4.98 Å². The van der Waals surface area contributed by atoms with E-state index >= 15 is 0 Å². The highest BCUT2D eigenvalue weighted by molar-refractivity contribution is 5.80. The van der Waals surface area contributed by atoms with Gasteiger partial charge in [-0.2, -0.15) is 0 Å². The van der Waals surface area contributed by atoms with Crippen LogP contribution in [0.2, 0.25) is 0 Å². The smallest absolute Gasteiger partial charge is 0.193 e. The molecule has 1 heterocycles. The lowest BCUT2D eigenvalue weighted by Gasteiger charge is -2.13. The highest BCUT2D eigenvalue weighted by atomic mass is 16.1. The molecule has 0 saturated heterocycles. The van der Waals surface area contributed by atoms with E-state index in [9.17, 15) is 4.79 Å². The number of fused-ring (bicyclic) bond motifs is 1. The van der Waals surface area contributed by atoms with Gasteiger partial charge in [-0.1, -0.05) is 33.8 Å². The minimum atomic E-state index is 0.186. The Bertz CT molecular complexity index is 652. The van der Waals surface area contributed by atoms with Crippen molar-refractivity contribution in [2.75, 3.05) is 0 Å². The first kappa shape index (κ1) is 13.9. The van der Waals surface area contributed by atoms with E-state index in [1.165, 1.54) is 5.56 Å². The van der Waals surface area contributed by atoms with Crippen molar-refractivity contribution in [2.45, 2.75) is 52.9 Å². The number of nitrogens with one attached hydrogen (secondary N) is 1. The second-order valence-electron chi connectivity index (χ2n) is 5.76. The van der Waals surface area contributed by atoms with Crippen molar-refractivity contribution in [3.05, 3.63) is 45.2 Å². The summed E-state index contributed by atoms with van der Waals surface area (Å²) in [5, 5.41) is 0.826. The zero-order chi connectivity index (χ0) is 14.2. The van der Waals surface area contributed by atoms with Crippen molar-refractivity contribution in [3.8, 4) is 0 Å². The molecule has 19 heavy (non-hydrogen) atoms. The van der Waals surface area contributed by atoms with E-state index in [2.05, 4.69) is 44.8 Å². The first-order valence-corrected chi connectivity index (χ1v) is 7.12. The average Bonchev–Trinajstić information content (AvgIpc) is 2.37. The third-order valence-electron chi connectivity index (χ3n) is 4.02. The van der Waals surface area contributed by atoms with Gasteiger partial charge in [-0.3, -0.25) is 4.79 Å². The zero-order valence-electron chi connectivity index (χ0n) is 12.5. The molecule has 1 N–H and O–H groups in total. The molecule has 0 aliphatic rings. The normalized spacial score (nSPS) is 13.2. The first-order chi connectivity index (χ1) is 8.95. The van der Waals surface area contributed by atoms with Crippen LogP contribution in [0.25, 0.3) is 10.9 Å². The summed E-state index contributed by atoms with van der Waals surface area (Å²) in [4.78, 5) is 16.0. The van der Waals surface area contributed by atoms with Crippen LogP contribution in [0.4, 0.5) is 0 Å². The first-order valence-electron chi connectivity index (χ1n) is 7.12. The lowest BCUT2D eigenvalue weighted by molar-refractivity contribution is 0.734. The number of hydrogen-bond acceptors (Lipinski definition) is 1. The van der Waals surface area contributed by atoms with Gasteiger partial charge in [0.2, 0.25) is 0 Å². The number of aromatic nitrogens is 1. The Labute approximate surface area is 114 Å². The maximum Gasteiger partial charge on any atom is 0.193 e. The molecule has 2 nitrogen and oxygen atoms in total. The molecule has 1 atom stereocenters. The Kier molecular flexibility index (Phi) is 3.79. The Morgan fingerprint density at radius 1 is 1.21 bits per heavy atom. The molecule has 2 heteroatoms. The summed E-state index contributed by atoms with van der Waals surface area (Å²) in [5.41, 5.74) is 4.28. The van der Waals surface area contributed by atoms with Crippen LogP contribution in [0.1, 0.15) is 62.8 Å². The molecule has 1 unspecified atom stereocenters. The largest absolute Gasteiger partial charge is 0.358 e. The Morgan fingerprint density at radius 2 is 1.89 bits per heavy atom. The number of benzene rings is 1. The minimum absolute atomic E-state index is 0.186. The predicted molar refractivity (Wildman–Crippen MR) is 82.1 cm³/mol. The van der Waals surface area contributed by atoms with E-state index in [4.69, 9.17) is 0 Å². The van der Waals surface area contributed by atoms with E-state index in [0.29, 0.717) is 5.92 Å². The second kappa shape index (κ2) is 5.20. The average molecular weight is 257 g/mol. The van der Waals surface area contributed by atoms with Gasteiger partial charge >= 0.3 is 0 Å². The van der Waals surface area contributed by atoms with Crippen molar-refractivity contribution in [2.24, 2.45) is 0 Å². The Morgan fingerprint density at radius 3 is 2.47 bits per heavy atom. The molecule has 1 aromatic carbocycles. The molecule has 0 aliphatic heterocycles. The molecule has 1 aromatic heterocycles. The predicted octanol–water partition coefficient (Wildman–Crippen LogP) is 4.47. The standard InChI is InChI=1S/C17H23NO/c1-6-11(4)13-7-8-15-14(9-13)17(19)16(10(2)3)12(5)18-15/h7-11H,6H2,1-5H3,(H,18,19). The molecule has 0 radical (unpaired) electrons. The van der Waals surface area contributed by atoms with Crippen LogP contribution in [0.5, 0.6) is 0 Å². The molecule has 102 valence electrons. The number of aromatic amines is 1. The molecular formula is C17H23NO. The minimum Gasteiger partial charge on any atom is -0.358 e. The van der Waals surface area contributed by atoms with E-state index in [0.717, 1.165) is 28.6 Å². The number of H-pyrrole nitrogens is 1. The molecule has 0 spiro atoms. The monoisotopic (exact) mass is 257 g/mol. The van der Waals surface area contributed by atoms with Gasteiger partial charge in [0.25, 0.3) is 0 Å². The maximum atomic E-state index is 12.6. The summed E-state index contributed by atoms with van der Waals surface area (Å²) < 4.78 is 0. The quantitative estimate of drug-likeness (QED) is 0.864. The Hall–Kier alpha value is -1.57. The Balaban J connectivity index is 2.74. The maximum absolute atomic E-state index is 12.6. The zero-order valence-corrected chi connectivity index (χ0v) is 12.5. The van der Waals surface area contributed by atoms with Crippen molar-refractivity contribution in [3.63, 3.8) is 0 Å². The van der Waals surface area contributed by atoms with Crippen LogP contribution in [0.15, 0.2) is 23.0 Å². The molecule has 0 fully saturated rings. The number of rotatable bonds is 3. The lowest BCUT2D eigenvalue weighted by atomic mass is 9.94. The molecular weight excluding hydrogens is 234 g/mol. The van der Waals surface area contributed by atoms with Gasteiger partial charge in [0.05, 0.1) is 0 Å². The summed E-state index contributed by atoms with van der Waals surface area (Å²) in [6.45, 7) is 10.5. The summed E-state index contributed by atoms with van der Waals surface area (Å²) in [6, 6.07) is 6.23. The summed E-state index contributed by atoms with van der Waals surface area (Å²) >= 11 is 0. The fourth-order valence-electron chi connectivity index (χ4n) is 2.68. The topological polar surface area (TPSA) is 32.9 Å². The SMILES string of the molecule is CCC(C)c1ccc2[nH]c(C)c(C(C)C)c(=O)c2c1. The van der Waals surface area contributed by atoms with Crippen LogP contribution in [0, 0.1) is 6.92 Å². The van der Waals surface area contributed by atoms with Gasteiger partial charge in [0, 0.05) is 22.2 Å². The second-order valence-corrected chi connectivity index (χ2v) is 5.76. The summed E-state index contributed by atoms with van der Waals surface area (Å²) in [7, 11) is 0. The highest BCUT2D eigenvalue weighted by Gasteiger charge is 2.13. The van der Waals surface area contributed by atoms with Crippen molar-refractivity contribution in [1.29, 1.82) is 0 Å². The van der Waals surface area contributed by atoms with E-state index < -0.39 is 0 Å². The van der Waals surface area contributed by atoms with Gasteiger partial charge in [-0.05, 0) is 42.9 Å². The number of aryl methyl sites for hydroxylation is 1. The van der Waals surface area contributed by atoms with Crippen LogP contribution >= 0.6 is 0 Å². The van der Waals surface area contributed by atoms with Crippen LogP contribution < -0.4 is 5.43 Å². The van der Waals surface area contributed by atoms with E-state index in [-0.39, 0.29) is 11.3 Å². The van der Waals surface area contributed by atoms with Crippen LogP contribution in [0.3, 0.4) is 0 Å².